The van der Waals surface area contributed by atoms with Gasteiger partial charge < -0.3 is 15.2 Å². The van der Waals surface area contributed by atoms with Crippen molar-refractivity contribution in [2.75, 3.05) is 14.2 Å². The van der Waals surface area contributed by atoms with Gasteiger partial charge in [-0.3, -0.25) is 0 Å². The zero-order valence-electron chi connectivity index (χ0n) is 10.3. The maximum Gasteiger partial charge on any atom is 0.135 e. The highest BCUT2D eigenvalue weighted by Crippen LogP contribution is 2.43. The molecular formula is C13H18FNO2. The van der Waals surface area contributed by atoms with Crippen LogP contribution in [0, 0.1) is 5.82 Å². The lowest BCUT2D eigenvalue weighted by atomic mass is 9.88. The van der Waals surface area contributed by atoms with Gasteiger partial charge in [-0.25, -0.2) is 4.39 Å². The highest BCUT2D eigenvalue weighted by molar-refractivity contribution is 5.46. The average Bonchev–Trinajstić information content (AvgIpc) is 2.75. The predicted octanol–water partition coefficient (Wildman–Crippen LogP) is 2.57. The maximum atomic E-state index is 14.1. The van der Waals surface area contributed by atoms with E-state index in [1.165, 1.54) is 20.3 Å². The van der Waals surface area contributed by atoms with Crippen LogP contribution in [-0.4, -0.2) is 14.2 Å². The number of hydrogen-bond donors (Lipinski definition) is 1. The van der Waals surface area contributed by atoms with Gasteiger partial charge in [-0.1, -0.05) is 12.8 Å². The minimum absolute atomic E-state index is 0.342. The highest BCUT2D eigenvalue weighted by Gasteiger charge is 2.36. The van der Waals surface area contributed by atoms with E-state index in [1.54, 1.807) is 6.07 Å². The molecule has 0 amide bonds. The zero-order chi connectivity index (χ0) is 12.5. The van der Waals surface area contributed by atoms with Crippen molar-refractivity contribution in [2.45, 2.75) is 31.2 Å². The first-order valence-electron chi connectivity index (χ1n) is 5.81. The Labute approximate surface area is 101 Å². The summed E-state index contributed by atoms with van der Waals surface area (Å²) in [4.78, 5) is 0. The number of hydrogen-bond acceptors (Lipinski definition) is 3. The number of nitrogens with two attached hydrogens (primary N) is 1. The predicted molar refractivity (Wildman–Crippen MR) is 63.8 cm³/mol. The van der Waals surface area contributed by atoms with Gasteiger partial charge in [0.2, 0.25) is 0 Å². The van der Waals surface area contributed by atoms with Crippen LogP contribution in [0.1, 0.15) is 31.2 Å². The fourth-order valence-corrected chi connectivity index (χ4v) is 2.58. The second kappa shape index (κ2) is 4.53. The third kappa shape index (κ3) is 2.09. The summed E-state index contributed by atoms with van der Waals surface area (Å²) in [7, 11) is 3.03. The molecule has 0 unspecified atom stereocenters. The standard InChI is InChI=1S/C13H18FNO2/c1-16-9-7-10(14)12(11(8-9)17-2)13(15)5-3-4-6-13/h7-8H,3-6,15H2,1-2H3. The van der Waals surface area contributed by atoms with Crippen LogP contribution in [0.2, 0.25) is 0 Å². The molecule has 0 aromatic heterocycles. The third-order valence-corrected chi connectivity index (χ3v) is 3.48. The van der Waals surface area contributed by atoms with E-state index in [9.17, 15) is 4.39 Å². The first kappa shape index (κ1) is 12.2. The van der Waals surface area contributed by atoms with Crippen LogP contribution in [0.15, 0.2) is 12.1 Å². The Kier molecular flexibility index (Phi) is 3.24. The Morgan fingerprint density at radius 2 is 1.82 bits per heavy atom. The molecule has 0 saturated heterocycles. The van der Waals surface area contributed by atoms with Crippen LogP contribution >= 0.6 is 0 Å². The van der Waals surface area contributed by atoms with E-state index in [0.717, 1.165) is 25.7 Å². The molecule has 0 heterocycles. The Morgan fingerprint density at radius 1 is 1.18 bits per heavy atom. The summed E-state index contributed by atoms with van der Waals surface area (Å²) in [5, 5.41) is 0. The van der Waals surface area contributed by atoms with Gasteiger partial charge in [-0.2, -0.15) is 0 Å². The largest absolute Gasteiger partial charge is 0.497 e. The van der Waals surface area contributed by atoms with Crippen LogP contribution < -0.4 is 15.2 Å². The van der Waals surface area contributed by atoms with Gasteiger partial charge in [0.15, 0.2) is 0 Å². The van der Waals surface area contributed by atoms with Gasteiger partial charge in [0.1, 0.15) is 17.3 Å². The van der Waals surface area contributed by atoms with E-state index in [0.29, 0.717) is 17.1 Å². The molecule has 1 saturated carbocycles. The summed E-state index contributed by atoms with van der Waals surface area (Å²) in [5.41, 5.74) is 6.18. The molecule has 0 radical (unpaired) electrons. The van der Waals surface area contributed by atoms with Gasteiger partial charge >= 0.3 is 0 Å². The highest BCUT2D eigenvalue weighted by atomic mass is 19.1. The molecule has 2 N–H and O–H groups in total. The lowest BCUT2D eigenvalue weighted by Gasteiger charge is -2.27. The number of halogens is 1. The molecule has 0 aliphatic heterocycles. The molecule has 1 aliphatic carbocycles. The Bertz CT molecular complexity index is 414. The molecule has 1 fully saturated rings. The normalized spacial score (nSPS) is 18.1. The fraction of sp³-hybridized carbons (Fsp3) is 0.538. The van der Waals surface area contributed by atoms with E-state index in [-0.39, 0.29) is 5.82 Å². The second-order valence-electron chi connectivity index (χ2n) is 4.55. The number of rotatable bonds is 3. The van der Waals surface area contributed by atoms with Crippen molar-refractivity contribution >= 4 is 0 Å². The zero-order valence-corrected chi connectivity index (χ0v) is 10.3. The molecule has 0 spiro atoms. The van der Waals surface area contributed by atoms with Gasteiger partial charge in [0, 0.05) is 23.2 Å². The number of ether oxygens (including phenoxy) is 2. The van der Waals surface area contributed by atoms with E-state index >= 15 is 0 Å². The van der Waals surface area contributed by atoms with E-state index in [4.69, 9.17) is 15.2 Å². The average molecular weight is 239 g/mol. The molecule has 17 heavy (non-hydrogen) atoms. The van der Waals surface area contributed by atoms with Crippen molar-refractivity contribution in [1.82, 2.24) is 0 Å². The Balaban J connectivity index is 2.52. The van der Waals surface area contributed by atoms with E-state index < -0.39 is 5.54 Å². The van der Waals surface area contributed by atoms with Crippen molar-refractivity contribution in [3.63, 3.8) is 0 Å². The van der Waals surface area contributed by atoms with Gasteiger partial charge in [0.05, 0.1) is 14.2 Å². The number of benzene rings is 1. The molecule has 0 atom stereocenters. The Morgan fingerprint density at radius 3 is 2.35 bits per heavy atom. The van der Waals surface area contributed by atoms with Crippen molar-refractivity contribution in [1.29, 1.82) is 0 Å². The molecule has 1 aromatic rings. The topological polar surface area (TPSA) is 44.5 Å². The first-order chi connectivity index (χ1) is 8.10. The Hall–Kier alpha value is -1.29. The van der Waals surface area contributed by atoms with Crippen molar-refractivity contribution in [2.24, 2.45) is 5.73 Å². The number of methoxy groups -OCH3 is 2. The monoisotopic (exact) mass is 239 g/mol. The second-order valence-corrected chi connectivity index (χ2v) is 4.55. The minimum Gasteiger partial charge on any atom is -0.497 e. The summed E-state index contributed by atoms with van der Waals surface area (Å²) in [6.07, 6.45) is 3.66. The summed E-state index contributed by atoms with van der Waals surface area (Å²) in [6.45, 7) is 0. The van der Waals surface area contributed by atoms with Crippen LogP contribution in [0.4, 0.5) is 4.39 Å². The first-order valence-corrected chi connectivity index (χ1v) is 5.81. The van der Waals surface area contributed by atoms with Gasteiger partial charge in [-0.05, 0) is 12.8 Å². The quantitative estimate of drug-likeness (QED) is 0.881. The van der Waals surface area contributed by atoms with Gasteiger partial charge in [-0.15, -0.1) is 0 Å². The lowest BCUT2D eigenvalue weighted by molar-refractivity contribution is 0.355. The fourth-order valence-electron chi connectivity index (χ4n) is 2.58. The van der Waals surface area contributed by atoms with Crippen molar-refractivity contribution in [3.8, 4) is 11.5 Å². The molecular weight excluding hydrogens is 221 g/mol. The smallest absolute Gasteiger partial charge is 0.135 e. The molecule has 3 nitrogen and oxygen atoms in total. The van der Waals surface area contributed by atoms with Crippen molar-refractivity contribution < 1.29 is 13.9 Å². The lowest BCUT2D eigenvalue weighted by Crippen LogP contribution is -2.34. The molecule has 1 aromatic carbocycles. The molecule has 4 heteroatoms. The minimum atomic E-state index is -0.596. The SMILES string of the molecule is COc1cc(F)c(C2(N)CCCC2)c(OC)c1. The van der Waals surface area contributed by atoms with Crippen LogP contribution in [0.5, 0.6) is 11.5 Å². The summed E-state index contributed by atoms with van der Waals surface area (Å²) >= 11 is 0. The van der Waals surface area contributed by atoms with Gasteiger partial charge in [0.25, 0.3) is 0 Å². The summed E-state index contributed by atoms with van der Waals surface area (Å²) in [5.74, 6) is 0.585. The molecule has 94 valence electrons. The van der Waals surface area contributed by atoms with Crippen molar-refractivity contribution in [3.05, 3.63) is 23.5 Å². The molecule has 1 aliphatic rings. The van der Waals surface area contributed by atoms with Crippen LogP contribution in [0.25, 0.3) is 0 Å². The van der Waals surface area contributed by atoms with Crippen LogP contribution in [0.3, 0.4) is 0 Å². The molecule has 2 rings (SSSR count). The van der Waals surface area contributed by atoms with E-state index in [2.05, 4.69) is 0 Å². The van der Waals surface area contributed by atoms with Crippen LogP contribution in [-0.2, 0) is 5.54 Å². The summed E-state index contributed by atoms with van der Waals surface area (Å²) in [6, 6.07) is 3.05. The summed E-state index contributed by atoms with van der Waals surface area (Å²) < 4.78 is 24.4. The molecule has 0 bridgehead atoms. The van der Waals surface area contributed by atoms with E-state index in [1.807, 2.05) is 0 Å². The maximum absolute atomic E-state index is 14.1. The third-order valence-electron chi connectivity index (χ3n) is 3.48.